The molecule has 19 heavy (non-hydrogen) atoms. The molecule has 4 nitrogen and oxygen atoms in total. The number of benzene rings is 1. The Balaban J connectivity index is 2.03. The molecule has 1 aromatic carbocycles. The predicted octanol–water partition coefficient (Wildman–Crippen LogP) is 2.45. The first kappa shape index (κ1) is 13.4. The van der Waals surface area contributed by atoms with E-state index in [4.69, 9.17) is 9.15 Å². The average Bonchev–Trinajstić information content (AvgIpc) is 2.92. The molecule has 100 valence electrons. The van der Waals surface area contributed by atoms with Gasteiger partial charge in [0.25, 0.3) is 0 Å². The molecule has 0 aliphatic rings. The van der Waals surface area contributed by atoms with Gasteiger partial charge in [0, 0.05) is 6.54 Å². The molecule has 0 N–H and O–H groups in total. The Kier molecular flexibility index (Phi) is 4.75. The van der Waals surface area contributed by atoms with E-state index in [9.17, 15) is 4.79 Å². The highest BCUT2D eigenvalue weighted by Gasteiger charge is 2.13. The van der Waals surface area contributed by atoms with Gasteiger partial charge in [0.1, 0.15) is 5.76 Å². The van der Waals surface area contributed by atoms with Gasteiger partial charge in [-0.05, 0) is 17.7 Å². The zero-order valence-electron chi connectivity index (χ0n) is 10.9. The lowest BCUT2D eigenvalue weighted by Gasteiger charge is -2.19. The molecule has 0 bridgehead atoms. The number of furan rings is 1. The van der Waals surface area contributed by atoms with Crippen LogP contribution < -0.4 is 0 Å². The normalized spacial score (nSPS) is 10.6. The minimum Gasteiger partial charge on any atom is -0.468 e. The van der Waals surface area contributed by atoms with Gasteiger partial charge in [-0.1, -0.05) is 30.3 Å². The second-order valence-corrected chi connectivity index (χ2v) is 4.29. The Hall–Kier alpha value is -2.07. The fourth-order valence-electron chi connectivity index (χ4n) is 1.88. The molecule has 0 unspecified atom stereocenters. The quantitative estimate of drug-likeness (QED) is 0.747. The molecular weight excluding hydrogens is 242 g/mol. The first-order valence-corrected chi connectivity index (χ1v) is 6.13. The van der Waals surface area contributed by atoms with Crippen LogP contribution in [0.4, 0.5) is 0 Å². The number of carbonyl (C=O) groups excluding carboxylic acids is 1. The van der Waals surface area contributed by atoms with Crippen molar-refractivity contribution in [2.75, 3.05) is 13.7 Å². The molecule has 4 heteroatoms. The molecule has 1 heterocycles. The molecule has 0 aliphatic heterocycles. The predicted molar refractivity (Wildman–Crippen MR) is 71.3 cm³/mol. The maximum absolute atomic E-state index is 11.4. The van der Waals surface area contributed by atoms with Crippen LogP contribution in [-0.2, 0) is 22.6 Å². The molecule has 0 spiro atoms. The van der Waals surface area contributed by atoms with Crippen molar-refractivity contribution in [3.8, 4) is 0 Å². The summed E-state index contributed by atoms with van der Waals surface area (Å²) in [5, 5.41) is 0. The number of hydrogen-bond acceptors (Lipinski definition) is 4. The first-order chi connectivity index (χ1) is 9.28. The Morgan fingerprint density at radius 3 is 2.58 bits per heavy atom. The SMILES string of the molecule is COC(=O)CN(Cc1ccccc1)Cc1ccco1. The maximum Gasteiger partial charge on any atom is 0.319 e. The van der Waals surface area contributed by atoms with Gasteiger partial charge in [-0.25, -0.2) is 0 Å². The first-order valence-electron chi connectivity index (χ1n) is 6.13. The average molecular weight is 259 g/mol. The topological polar surface area (TPSA) is 42.7 Å². The number of carbonyl (C=O) groups is 1. The van der Waals surface area contributed by atoms with Gasteiger partial charge in [-0.15, -0.1) is 0 Å². The molecule has 2 rings (SSSR count). The summed E-state index contributed by atoms with van der Waals surface area (Å²) < 4.78 is 10.0. The molecule has 1 aromatic heterocycles. The fourth-order valence-corrected chi connectivity index (χ4v) is 1.88. The Morgan fingerprint density at radius 1 is 1.16 bits per heavy atom. The summed E-state index contributed by atoms with van der Waals surface area (Å²) in [6.45, 7) is 1.50. The molecule has 0 saturated carbocycles. The van der Waals surface area contributed by atoms with E-state index >= 15 is 0 Å². The van der Waals surface area contributed by atoms with Gasteiger partial charge in [0.15, 0.2) is 0 Å². The molecule has 0 radical (unpaired) electrons. The van der Waals surface area contributed by atoms with E-state index in [1.807, 2.05) is 47.4 Å². The lowest BCUT2D eigenvalue weighted by atomic mass is 10.2. The lowest BCUT2D eigenvalue weighted by Crippen LogP contribution is -2.29. The van der Waals surface area contributed by atoms with Gasteiger partial charge >= 0.3 is 5.97 Å². The van der Waals surface area contributed by atoms with Crippen molar-refractivity contribution in [3.63, 3.8) is 0 Å². The summed E-state index contributed by atoms with van der Waals surface area (Å²) >= 11 is 0. The monoisotopic (exact) mass is 259 g/mol. The molecular formula is C15H17NO3. The van der Waals surface area contributed by atoms with E-state index in [1.165, 1.54) is 7.11 Å². The van der Waals surface area contributed by atoms with Crippen LogP contribution >= 0.6 is 0 Å². The number of rotatable bonds is 6. The van der Waals surface area contributed by atoms with Crippen molar-refractivity contribution in [2.45, 2.75) is 13.1 Å². The van der Waals surface area contributed by atoms with Crippen LogP contribution in [0.2, 0.25) is 0 Å². The molecule has 2 aromatic rings. The van der Waals surface area contributed by atoms with E-state index in [0.29, 0.717) is 13.1 Å². The minimum atomic E-state index is -0.248. The highest BCUT2D eigenvalue weighted by Crippen LogP contribution is 2.10. The summed E-state index contributed by atoms with van der Waals surface area (Å²) in [5.41, 5.74) is 1.15. The Bertz CT molecular complexity index is 493. The smallest absolute Gasteiger partial charge is 0.319 e. The third-order valence-corrected chi connectivity index (χ3v) is 2.79. The highest BCUT2D eigenvalue weighted by atomic mass is 16.5. The second kappa shape index (κ2) is 6.75. The van der Waals surface area contributed by atoms with Crippen LogP contribution in [0.3, 0.4) is 0 Å². The van der Waals surface area contributed by atoms with E-state index in [2.05, 4.69) is 0 Å². The van der Waals surface area contributed by atoms with Crippen molar-refractivity contribution < 1.29 is 13.9 Å². The highest BCUT2D eigenvalue weighted by molar-refractivity contribution is 5.71. The van der Waals surface area contributed by atoms with E-state index < -0.39 is 0 Å². The number of methoxy groups -OCH3 is 1. The van der Waals surface area contributed by atoms with Gasteiger partial charge in [0.2, 0.25) is 0 Å². The lowest BCUT2D eigenvalue weighted by molar-refractivity contribution is -0.142. The van der Waals surface area contributed by atoms with Crippen molar-refractivity contribution in [3.05, 3.63) is 60.1 Å². The molecule has 0 atom stereocenters. The summed E-state index contributed by atoms with van der Waals surface area (Å²) in [5.74, 6) is 0.585. The van der Waals surface area contributed by atoms with Gasteiger partial charge < -0.3 is 9.15 Å². The fraction of sp³-hybridized carbons (Fsp3) is 0.267. The van der Waals surface area contributed by atoms with Gasteiger partial charge in [-0.2, -0.15) is 0 Å². The summed E-state index contributed by atoms with van der Waals surface area (Å²) in [6, 6.07) is 13.8. The number of ether oxygens (including phenoxy) is 1. The van der Waals surface area contributed by atoms with Crippen LogP contribution in [0.1, 0.15) is 11.3 Å². The van der Waals surface area contributed by atoms with E-state index in [1.54, 1.807) is 6.26 Å². The minimum absolute atomic E-state index is 0.242. The summed E-state index contributed by atoms with van der Waals surface area (Å²) in [7, 11) is 1.40. The largest absolute Gasteiger partial charge is 0.468 e. The number of esters is 1. The maximum atomic E-state index is 11.4. The zero-order valence-corrected chi connectivity index (χ0v) is 10.9. The Labute approximate surface area is 112 Å². The third kappa shape index (κ3) is 4.26. The Morgan fingerprint density at radius 2 is 1.95 bits per heavy atom. The summed E-state index contributed by atoms with van der Waals surface area (Å²) in [6.07, 6.45) is 1.63. The van der Waals surface area contributed by atoms with E-state index in [-0.39, 0.29) is 12.5 Å². The van der Waals surface area contributed by atoms with Crippen LogP contribution in [0, 0.1) is 0 Å². The standard InChI is InChI=1S/C15H17NO3/c1-18-15(17)12-16(11-14-8-5-9-19-14)10-13-6-3-2-4-7-13/h2-9H,10-12H2,1H3. The van der Waals surface area contributed by atoms with Crippen molar-refractivity contribution in [2.24, 2.45) is 0 Å². The number of nitrogens with zero attached hydrogens (tertiary/aromatic N) is 1. The van der Waals surface area contributed by atoms with Gasteiger partial charge in [-0.3, -0.25) is 9.69 Å². The molecule has 0 amide bonds. The molecule has 0 fully saturated rings. The molecule has 0 saturated heterocycles. The molecule has 0 aliphatic carbocycles. The summed E-state index contributed by atoms with van der Waals surface area (Å²) in [4.78, 5) is 13.4. The van der Waals surface area contributed by atoms with Crippen molar-refractivity contribution in [1.82, 2.24) is 4.90 Å². The van der Waals surface area contributed by atoms with Crippen LogP contribution in [-0.4, -0.2) is 24.5 Å². The number of hydrogen-bond donors (Lipinski definition) is 0. The second-order valence-electron chi connectivity index (χ2n) is 4.29. The van der Waals surface area contributed by atoms with Crippen LogP contribution in [0.25, 0.3) is 0 Å². The van der Waals surface area contributed by atoms with E-state index in [0.717, 1.165) is 11.3 Å². The van der Waals surface area contributed by atoms with Crippen molar-refractivity contribution in [1.29, 1.82) is 0 Å². The van der Waals surface area contributed by atoms with Crippen LogP contribution in [0.5, 0.6) is 0 Å². The third-order valence-electron chi connectivity index (χ3n) is 2.79. The van der Waals surface area contributed by atoms with Gasteiger partial charge in [0.05, 0.1) is 26.5 Å². The van der Waals surface area contributed by atoms with Crippen LogP contribution in [0.15, 0.2) is 53.1 Å². The zero-order chi connectivity index (χ0) is 13.5. The van der Waals surface area contributed by atoms with Crippen molar-refractivity contribution >= 4 is 5.97 Å².